The van der Waals surface area contributed by atoms with Crippen LogP contribution >= 0.6 is 23.4 Å². The minimum absolute atomic E-state index is 0.0931. The van der Waals surface area contributed by atoms with Gasteiger partial charge in [-0.15, -0.1) is 10.2 Å². The molecule has 0 aliphatic rings. The van der Waals surface area contributed by atoms with Crippen molar-refractivity contribution in [2.24, 2.45) is 7.05 Å². The van der Waals surface area contributed by atoms with Gasteiger partial charge in [0.15, 0.2) is 17.1 Å². The number of nitrogens with one attached hydrogen (secondary N) is 1. The van der Waals surface area contributed by atoms with E-state index < -0.39 is 0 Å². The monoisotopic (exact) mass is 430 g/mol. The van der Waals surface area contributed by atoms with Gasteiger partial charge >= 0.3 is 0 Å². The summed E-state index contributed by atoms with van der Waals surface area (Å²) >= 11 is 7.33. The van der Waals surface area contributed by atoms with Crippen molar-refractivity contribution in [3.05, 3.63) is 64.4 Å². The predicted octanol–water partition coefficient (Wildman–Crippen LogP) is 4.96. The number of rotatable bonds is 7. The third kappa shape index (κ3) is 5.52. The van der Waals surface area contributed by atoms with Gasteiger partial charge in [0.1, 0.15) is 5.75 Å². The van der Waals surface area contributed by atoms with Crippen LogP contribution in [0, 0.1) is 13.8 Å². The summed E-state index contributed by atoms with van der Waals surface area (Å²) in [5.74, 6) is 1.58. The van der Waals surface area contributed by atoms with Crippen LogP contribution in [-0.2, 0) is 11.8 Å². The number of anilines is 1. The van der Waals surface area contributed by atoms with Crippen molar-refractivity contribution in [3.63, 3.8) is 0 Å². The Bertz CT molecular complexity index is 1000. The average Bonchev–Trinajstić information content (AvgIpc) is 3.05. The van der Waals surface area contributed by atoms with Crippen molar-refractivity contribution in [1.82, 2.24) is 14.8 Å². The number of aromatic nitrogens is 3. The number of thioether (sulfide) groups is 1. The Kier molecular flexibility index (Phi) is 6.82. The highest BCUT2D eigenvalue weighted by atomic mass is 35.5. The average molecular weight is 431 g/mol. The quantitative estimate of drug-likeness (QED) is 0.536. The molecule has 0 spiro atoms. The van der Waals surface area contributed by atoms with Crippen molar-refractivity contribution >= 4 is 35.0 Å². The van der Waals surface area contributed by atoms with Crippen LogP contribution in [0.3, 0.4) is 0 Å². The number of benzene rings is 2. The molecule has 1 unspecified atom stereocenters. The molecule has 0 bridgehead atoms. The number of halogens is 1. The minimum atomic E-state index is -0.303. The zero-order chi connectivity index (χ0) is 21.0. The summed E-state index contributed by atoms with van der Waals surface area (Å²) in [7, 11) is 1.87. The summed E-state index contributed by atoms with van der Waals surface area (Å²) in [6, 6.07) is 13.2. The molecule has 6 nitrogen and oxygen atoms in total. The first kappa shape index (κ1) is 21.2. The summed E-state index contributed by atoms with van der Waals surface area (Å²) in [6.45, 7) is 5.86. The molecule has 152 valence electrons. The molecule has 1 amide bonds. The van der Waals surface area contributed by atoms with Crippen LogP contribution in [0.1, 0.15) is 30.0 Å². The van der Waals surface area contributed by atoms with Gasteiger partial charge in [-0.25, -0.2) is 0 Å². The third-order valence-corrected chi connectivity index (χ3v) is 5.60. The van der Waals surface area contributed by atoms with Gasteiger partial charge in [0, 0.05) is 17.8 Å². The van der Waals surface area contributed by atoms with Gasteiger partial charge in [-0.05, 0) is 56.7 Å². The van der Waals surface area contributed by atoms with E-state index in [1.54, 1.807) is 6.07 Å². The molecule has 0 saturated heterocycles. The Morgan fingerprint density at radius 3 is 2.62 bits per heavy atom. The predicted molar refractivity (Wildman–Crippen MR) is 117 cm³/mol. The molecule has 0 aliphatic heterocycles. The van der Waals surface area contributed by atoms with E-state index >= 15 is 0 Å². The number of hydrogen-bond acceptors (Lipinski definition) is 5. The van der Waals surface area contributed by atoms with Gasteiger partial charge in [-0.1, -0.05) is 41.1 Å². The van der Waals surface area contributed by atoms with Crippen molar-refractivity contribution in [3.8, 4) is 5.75 Å². The molecule has 1 N–H and O–H groups in total. The van der Waals surface area contributed by atoms with Crippen LogP contribution in [-0.4, -0.2) is 26.4 Å². The van der Waals surface area contributed by atoms with Crippen LogP contribution in [0.25, 0.3) is 0 Å². The molecule has 0 radical (unpaired) electrons. The minimum Gasteiger partial charge on any atom is -0.482 e. The highest BCUT2D eigenvalue weighted by molar-refractivity contribution is 7.99. The third-order valence-electron chi connectivity index (χ3n) is 4.34. The second-order valence-corrected chi connectivity index (χ2v) is 8.15. The molecular formula is C21H23ClN4O2S. The van der Waals surface area contributed by atoms with Gasteiger partial charge in [0.25, 0.3) is 0 Å². The molecule has 1 aromatic heterocycles. The maximum atomic E-state index is 12.2. The fraction of sp³-hybridized carbons (Fsp3) is 0.286. The second kappa shape index (κ2) is 9.33. The molecule has 8 heteroatoms. The first-order valence-corrected chi connectivity index (χ1v) is 10.5. The summed E-state index contributed by atoms with van der Waals surface area (Å²) in [5, 5.41) is 12.6. The lowest BCUT2D eigenvalue weighted by Gasteiger charge is -2.16. The fourth-order valence-electron chi connectivity index (χ4n) is 2.76. The van der Waals surface area contributed by atoms with Crippen LogP contribution in [0.2, 0.25) is 5.02 Å². The van der Waals surface area contributed by atoms with Crippen molar-refractivity contribution in [2.75, 3.05) is 11.1 Å². The van der Waals surface area contributed by atoms with E-state index in [9.17, 15) is 4.79 Å². The Labute approximate surface area is 179 Å². The lowest BCUT2D eigenvalue weighted by atomic mass is 10.2. The number of carbonyl (C=O) groups is 1. The highest BCUT2D eigenvalue weighted by Crippen LogP contribution is 2.27. The molecule has 0 aliphatic carbocycles. The van der Waals surface area contributed by atoms with Gasteiger partial charge in [0.2, 0.25) is 5.91 Å². The number of carbonyl (C=O) groups excluding carboxylic acids is 1. The lowest BCUT2D eigenvalue weighted by Crippen LogP contribution is -2.15. The van der Waals surface area contributed by atoms with E-state index in [1.807, 2.05) is 68.8 Å². The molecule has 0 saturated carbocycles. The number of hydrogen-bond donors (Lipinski definition) is 1. The second-order valence-electron chi connectivity index (χ2n) is 6.77. The molecule has 2 aromatic carbocycles. The van der Waals surface area contributed by atoms with Gasteiger partial charge < -0.3 is 14.6 Å². The first-order chi connectivity index (χ1) is 13.8. The molecular weight excluding hydrogens is 408 g/mol. The van der Waals surface area contributed by atoms with Gasteiger partial charge in [-0.2, -0.15) is 0 Å². The molecule has 3 aromatic rings. The van der Waals surface area contributed by atoms with Crippen LogP contribution in [0.5, 0.6) is 5.75 Å². The van der Waals surface area contributed by atoms with E-state index in [0.29, 0.717) is 16.0 Å². The Hall–Kier alpha value is -2.51. The summed E-state index contributed by atoms with van der Waals surface area (Å²) in [4.78, 5) is 12.2. The Morgan fingerprint density at radius 1 is 1.21 bits per heavy atom. The maximum Gasteiger partial charge on any atom is 0.234 e. The molecule has 0 fully saturated rings. The molecule has 29 heavy (non-hydrogen) atoms. The van der Waals surface area contributed by atoms with Gasteiger partial charge in [-0.3, -0.25) is 4.79 Å². The Balaban J connectivity index is 1.59. The van der Waals surface area contributed by atoms with Crippen molar-refractivity contribution in [2.45, 2.75) is 32.0 Å². The van der Waals surface area contributed by atoms with Crippen LogP contribution in [0.15, 0.2) is 47.6 Å². The largest absolute Gasteiger partial charge is 0.482 e. The van der Waals surface area contributed by atoms with E-state index in [0.717, 1.165) is 22.6 Å². The molecule has 1 heterocycles. The number of amides is 1. The van der Waals surface area contributed by atoms with E-state index in [4.69, 9.17) is 16.3 Å². The zero-order valence-electron chi connectivity index (χ0n) is 16.8. The van der Waals surface area contributed by atoms with Crippen molar-refractivity contribution in [1.29, 1.82) is 0 Å². The maximum absolute atomic E-state index is 12.2. The summed E-state index contributed by atoms with van der Waals surface area (Å²) in [5.41, 5.74) is 2.88. The standard InChI is InChI=1S/C21H23ClN4O2S/c1-13-5-8-17(9-6-13)23-19(27)12-29-21-25-24-20(26(21)4)15(3)28-18-10-7-16(22)11-14(18)2/h5-11,15H,12H2,1-4H3,(H,23,27). The first-order valence-electron chi connectivity index (χ1n) is 9.15. The smallest absolute Gasteiger partial charge is 0.234 e. The molecule has 1 atom stereocenters. The topological polar surface area (TPSA) is 69.0 Å². The van der Waals surface area contributed by atoms with E-state index in [2.05, 4.69) is 15.5 Å². The SMILES string of the molecule is Cc1ccc(NC(=O)CSc2nnc(C(C)Oc3ccc(Cl)cc3C)n2C)cc1. The summed E-state index contributed by atoms with van der Waals surface area (Å²) in [6.07, 6.45) is -0.303. The molecule has 3 rings (SSSR count). The van der Waals surface area contributed by atoms with Crippen LogP contribution < -0.4 is 10.1 Å². The summed E-state index contributed by atoms with van der Waals surface area (Å²) < 4.78 is 7.87. The number of aryl methyl sites for hydroxylation is 2. The van der Waals surface area contributed by atoms with Crippen molar-refractivity contribution < 1.29 is 9.53 Å². The number of ether oxygens (including phenoxy) is 1. The van der Waals surface area contributed by atoms with Gasteiger partial charge in [0.05, 0.1) is 5.75 Å². The normalized spacial score (nSPS) is 11.9. The Morgan fingerprint density at radius 2 is 1.93 bits per heavy atom. The van der Waals surface area contributed by atoms with Crippen LogP contribution in [0.4, 0.5) is 5.69 Å². The lowest BCUT2D eigenvalue weighted by molar-refractivity contribution is -0.113. The van der Waals surface area contributed by atoms with E-state index in [-0.39, 0.29) is 17.8 Å². The highest BCUT2D eigenvalue weighted by Gasteiger charge is 2.18. The van der Waals surface area contributed by atoms with E-state index in [1.165, 1.54) is 11.8 Å². The zero-order valence-corrected chi connectivity index (χ0v) is 18.3. The number of nitrogens with zero attached hydrogens (tertiary/aromatic N) is 3. The fourth-order valence-corrected chi connectivity index (χ4v) is 3.70.